The number of rotatable bonds is 3. The van der Waals surface area contributed by atoms with E-state index in [1.54, 1.807) is 37.4 Å². The molecule has 0 unspecified atom stereocenters. The van der Waals surface area contributed by atoms with Gasteiger partial charge in [0.05, 0.1) is 17.5 Å². The second kappa shape index (κ2) is 5.72. The highest BCUT2D eigenvalue weighted by Crippen LogP contribution is 2.26. The maximum atomic E-state index is 12.4. The third-order valence-electron chi connectivity index (χ3n) is 3.49. The maximum absolute atomic E-state index is 12.4. The number of hydrogen-bond donors (Lipinski definition) is 2. The lowest BCUT2D eigenvalue weighted by atomic mass is 10.1. The summed E-state index contributed by atoms with van der Waals surface area (Å²) in [4.78, 5) is 21.4. The van der Waals surface area contributed by atoms with Crippen LogP contribution in [-0.2, 0) is 7.05 Å². The molecule has 0 atom stereocenters. The van der Waals surface area contributed by atoms with Gasteiger partial charge in [0.2, 0.25) is 0 Å². The molecule has 0 bridgehead atoms. The van der Waals surface area contributed by atoms with E-state index in [0.29, 0.717) is 22.4 Å². The Morgan fingerprint density at radius 3 is 2.57 bits per heavy atom. The molecule has 3 rings (SSSR count). The van der Waals surface area contributed by atoms with Crippen molar-refractivity contribution < 1.29 is 5.11 Å². The lowest BCUT2D eigenvalue weighted by molar-refractivity contribution is 0.475. The number of benzene rings is 1. The fourth-order valence-corrected chi connectivity index (χ4v) is 2.38. The second-order valence-corrected chi connectivity index (χ2v) is 5.76. The van der Waals surface area contributed by atoms with Crippen molar-refractivity contribution in [3.8, 4) is 17.0 Å². The largest absolute Gasteiger partial charge is 0.508 e. The monoisotopic (exact) mass is 310 g/mol. The minimum absolute atomic E-state index is 0.130. The number of aryl methyl sites for hydroxylation is 1. The van der Waals surface area contributed by atoms with Gasteiger partial charge in [-0.3, -0.25) is 4.79 Å². The fourth-order valence-electron chi connectivity index (χ4n) is 2.38. The summed E-state index contributed by atoms with van der Waals surface area (Å²) in [7, 11) is 1.67. The third kappa shape index (κ3) is 2.88. The van der Waals surface area contributed by atoms with Crippen molar-refractivity contribution in [3.63, 3.8) is 0 Å². The van der Waals surface area contributed by atoms with Gasteiger partial charge in [0, 0.05) is 18.7 Å². The van der Waals surface area contributed by atoms with E-state index >= 15 is 0 Å². The van der Waals surface area contributed by atoms with Crippen LogP contribution in [0.15, 0.2) is 41.5 Å². The zero-order chi connectivity index (χ0) is 16.6. The zero-order valence-corrected chi connectivity index (χ0v) is 13.2. The summed E-state index contributed by atoms with van der Waals surface area (Å²) in [5, 5.41) is 13.1. The number of pyridine rings is 1. The summed E-state index contributed by atoms with van der Waals surface area (Å²) in [6.45, 7) is 3.98. The van der Waals surface area contributed by atoms with E-state index in [9.17, 15) is 9.90 Å². The van der Waals surface area contributed by atoms with E-state index in [2.05, 4.69) is 15.3 Å². The number of phenols is 1. The molecule has 0 aliphatic rings. The third-order valence-corrected chi connectivity index (χ3v) is 3.49. The molecule has 0 aliphatic carbocycles. The number of hydrogen-bond acceptors (Lipinski definition) is 5. The van der Waals surface area contributed by atoms with Crippen LogP contribution in [0.4, 0.5) is 5.82 Å². The van der Waals surface area contributed by atoms with Gasteiger partial charge in [-0.25, -0.2) is 9.97 Å². The highest BCUT2D eigenvalue weighted by molar-refractivity contribution is 5.91. The molecule has 2 N–H and O–H groups in total. The minimum atomic E-state index is -0.136. The van der Waals surface area contributed by atoms with Crippen molar-refractivity contribution in [3.05, 3.63) is 47.0 Å². The van der Waals surface area contributed by atoms with Gasteiger partial charge in [-0.1, -0.05) is 0 Å². The normalized spacial score (nSPS) is 11.1. The molecule has 6 nitrogen and oxygen atoms in total. The van der Waals surface area contributed by atoms with Crippen LogP contribution >= 0.6 is 0 Å². The summed E-state index contributed by atoms with van der Waals surface area (Å²) in [6, 6.07) is 8.69. The summed E-state index contributed by atoms with van der Waals surface area (Å²) in [5.74, 6) is 0.719. The topological polar surface area (TPSA) is 80.0 Å². The molecule has 118 valence electrons. The lowest BCUT2D eigenvalue weighted by Crippen LogP contribution is -2.21. The van der Waals surface area contributed by atoms with Gasteiger partial charge >= 0.3 is 0 Å². The predicted molar refractivity (Wildman–Crippen MR) is 90.6 cm³/mol. The first kappa shape index (κ1) is 15.0. The summed E-state index contributed by atoms with van der Waals surface area (Å²) in [6.07, 6.45) is 1.50. The van der Waals surface area contributed by atoms with Crippen LogP contribution < -0.4 is 10.9 Å². The first-order valence-electron chi connectivity index (χ1n) is 7.38. The summed E-state index contributed by atoms with van der Waals surface area (Å²) >= 11 is 0. The number of nitrogens with one attached hydrogen (secondary N) is 1. The number of phenolic OH excluding ortho intramolecular Hbond substituents is 1. The smallest absolute Gasteiger partial charge is 0.264 e. The molecular formula is C17H18N4O2. The van der Waals surface area contributed by atoms with E-state index < -0.39 is 0 Å². The van der Waals surface area contributed by atoms with E-state index in [4.69, 9.17) is 0 Å². The van der Waals surface area contributed by atoms with Crippen LogP contribution in [0.25, 0.3) is 22.2 Å². The van der Waals surface area contributed by atoms with E-state index in [-0.39, 0.29) is 17.4 Å². The molecule has 0 amide bonds. The van der Waals surface area contributed by atoms with Crippen LogP contribution in [0.2, 0.25) is 0 Å². The Hall–Kier alpha value is -2.89. The van der Waals surface area contributed by atoms with Crippen molar-refractivity contribution >= 4 is 16.7 Å². The van der Waals surface area contributed by atoms with Gasteiger partial charge in [0.25, 0.3) is 5.56 Å². The molecule has 0 aliphatic heterocycles. The predicted octanol–water partition coefficient (Wildman–Crippen LogP) is 2.52. The molecule has 23 heavy (non-hydrogen) atoms. The van der Waals surface area contributed by atoms with Crippen LogP contribution in [0.5, 0.6) is 5.75 Å². The molecule has 0 fully saturated rings. The Kier molecular flexibility index (Phi) is 3.73. The number of fused-ring (bicyclic) bond motifs is 1. The lowest BCUT2D eigenvalue weighted by Gasteiger charge is -2.13. The van der Waals surface area contributed by atoms with Crippen molar-refractivity contribution in [2.75, 3.05) is 5.32 Å². The minimum Gasteiger partial charge on any atom is -0.508 e. The average Bonchev–Trinajstić information content (AvgIpc) is 2.51. The molecule has 0 radical (unpaired) electrons. The standard InChI is InChI=1S/C17H18N4O2/c1-10(2)19-16-15-14(18-9-21(3)17(15)23)8-13(20-16)11-4-6-12(22)7-5-11/h4-10,22H,1-3H3,(H,19,20). The summed E-state index contributed by atoms with van der Waals surface area (Å²) < 4.78 is 1.44. The van der Waals surface area contributed by atoms with E-state index in [1.807, 2.05) is 13.8 Å². The van der Waals surface area contributed by atoms with Gasteiger partial charge in [0.1, 0.15) is 17.0 Å². The van der Waals surface area contributed by atoms with Crippen LogP contribution in [0.3, 0.4) is 0 Å². The Balaban J connectivity index is 2.27. The molecule has 0 spiro atoms. The highest BCUT2D eigenvalue weighted by Gasteiger charge is 2.13. The molecule has 2 heterocycles. The number of nitrogens with zero attached hydrogens (tertiary/aromatic N) is 3. The Bertz CT molecular complexity index is 914. The molecule has 2 aromatic heterocycles. The molecule has 0 saturated heterocycles. The van der Waals surface area contributed by atoms with Crippen LogP contribution in [0.1, 0.15) is 13.8 Å². The van der Waals surface area contributed by atoms with Crippen molar-refractivity contribution in [1.29, 1.82) is 0 Å². The first-order chi connectivity index (χ1) is 11.0. The highest BCUT2D eigenvalue weighted by atomic mass is 16.3. The fraction of sp³-hybridized carbons (Fsp3) is 0.235. The van der Waals surface area contributed by atoms with Gasteiger partial charge in [-0.2, -0.15) is 0 Å². The molecule has 3 aromatic rings. The average molecular weight is 310 g/mol. The van der Waals surface area contributed by atoms with Crippen molar-refractivity contribution in [1.82, 2.24) is 14.5 Å². The SMILES string of the molecule is CC(C)Nc1nc(-c2ccc(O)cc2)cc2ncn(C)c(=O)c12. The maximum Gasteiger partial charge on any atom is 0.264 e. The molecule has 0 saturated carbocycles. The van der Waals surface area contributed by atoms with Gasteiger partial charge in [0.15, 0.2) is 0 Å². The van der Waals surface area contributed by atoms with E-state index in [1.165, 1.54) is 10.9 Å². The Morgan fingerprint density at radius 2 is 1.91 bits per heavy atom. The first-order valence-corrected chi connectivity index (χ1v) is 7.38. The number of anilines is 1. The van der Waals surface area contributed by atoms with Crippen molar-refractivity contribution in [2.45, 2.75) is 19.9 Å². The zero-order valence-electron chi connectivity index (χ0n) is 13.2. The van der Waals surface area contributed by atoms with Crippen LogP contribution in [-0.4, -0.2) is 25.7 Å². The van der Waals surface area contributed by atoms with Gasteiger partial charge < -0.3 is 15.0 Å². The molecule has 6 heteroatoms. The van der Waals surface area contributed by atoms with E-state index in [0.717, 1.165) is 5.56 Å². The second-order valence-electron chi connectivity index (χ2n) is 5.76. The molecule has 1 aromatic carbocycles. The molecular weight excluding hydrogens is 292 g/mol. The van der Waals surface area contributed by atoms with Crippen molar-refractivity contribution in [2.24, 2.45) is 7.05 Å². The number of aromatic hydroxyl groups is 1. The Morgan fingerprint density at radius 1 is 1.22 bits per heavy atom. The number of aromatic nitrogens is 3. The van der Waals surface area contributed by atoms with Gasteiger partial charge in [-0.05, 0) is 44.2 Å². The summed E-state index contributed by atoms with van der Waals surface area (Å²) in [5.41, 5.74) is 2.00. The van der Waals surface area contributed by atoms with Crippen LogP contribution in [0, 0.1) is 0 Å². The van der Waals surface area contributed by atoms with Gasteiger partial charge in [-0.15, -0.1) is 0 Å². The quantitative estimate of drug-likeness (QED) is 0.777. The Labute approximate surface area is 133 Å².